The van der Waals surface area contributed by atoms with E-state index in [1.54, 1.807) is 0 Å². The molecule has 2 heterocycles. The highest BCUT2D eigenvalue weighted by molar-refractivity contribution is 5.38. The molecule has 19 heavy (non-hydrogen) atoms. The van der Waals surface area contributed by atoms with Gasteiger partial charge in [0, 0.05) is 0 Å². The molecule has 0 aliphatic rings. The average molecular weight is 263 g/mol. The van der Waals surface area contributed by atoms with E-state index in [4.69, 9.17) is 4.42 Å². The third-order valence-corrected chi connectivity index (χ3v) is 2.63. The minimum absolute atomic E-state index is 0.00634. The molecule has 0 amide bonds. The summed E-state index contributed by atoms with van der Waals surface area (Å²) in [7, 11) is 0. The number of aryl methyl sites for hydroxylation is 2. The van der Waals surface area contributed by atoms with Crippen LogP contribution in [0.5, 0.6) is 0 Å². The van der Waals surface area contributed by atoms with E-state index >= 15 is 0 Å². The lowest BCUT2D eigenvalue weighted by Gasteiger charge is -2.05. The van der Waals surface area contributed by atoms with E-state index in [1.165, 1.54) is 0 Å². The molecule has 0 saturated heterocycles. The van der Waals surface area contributed by atoms with Gasteiger partial charge in [-0.3, -0.25) is 5.32 Å². The van der Waals surface area contributed by atoms with E-state index in [0.29, 0.717) is 11.8 Å². The number of hydrogen-bond acceptors (Lipinski definition) is 8. The first-order chi connectivity index (χ1) is 9.10. The molecule has 0 aliphatic carbocycles. The monoisotopic (exact) mass is 263 g/mol. The Kier molecular flexibility index (Phi) is 4.00. The van der Waals surface area contributed by atoms with Crippen LogP contribution in [0.25, 0.3) is 0 Å². The first-order valence-corrected chi connectivity index (χ1v) is 6.12. The maximum absolute atomic E-state index is 5.47. The summed E-state index contributed by atoms with van der Waals surface area (Å²) < 4.78 is 5.47. The van der Waals surface area contributed by atoms with Gasteiger partial charge in [0.25, 0.3) is 5.95 Å². The Labute approximate surface area is 111 Å². The van der Waals surface area contributed by atoms with Gasteiger partial charge in [-0.25, -0.2) is 4.98 Å². The minimum atomic E-state index is 0.00634. The van der Waals surface area contributed by atoms with E-state index < -0.39 is 0 Å². The van der Waals surface area contributed by atoms with Gasteiger partial charge < -0.3 is 9.73 Å². The number of rotatable bonds is 5. The lowest BCUT2D eigenvalue weighted by Crippen LogP contribution is -2.17. The number of nitrogens with one attached hydrogen (secondary N) is 2. The smallest absolute Gasteiger partial charge is 0.322 e. The fourth-order valence-corrected chi connectivity index (χ4v) is 1.46. The minimum Gasteiger partial charge on any atom is -0.406 e. The lowest BCUT2D eigenvalue weighted by molar-refractivity contribution is 0.430. The summed E-state index contributed by atoms with van der Waals surface area (Å²) in [6.07, 6.45) is 0. The summed E-state index contributed by atoms with van der Waals surface area (Å²) in [5.41, 5.74) is 1.59. The molecule has 0 bridgehead atoms. The van der Waals surface area contributed by atoms with E-state index in [-0.39, 0.29) is 12.1 Å². The van der Waals surface area contributed by atoms with Gasteiger partial charge in [-0.1, -0.05) is 12.0 Å². The molecular formula is C11H17N7O. The second kappa shape index (κ2) is 5.70. The normalized spacial score (nSPS) is 12.4. The molecule has 0 aliphatic heterocycles. The Morgan fingerprint density at radius 2 is 1.89 bits per heavy atom. The zero-order valence-corrected chi connectivity index (χ0v) is 11.4. The summed E-state index contributed by atoms with van der Waals surface area (Å²) in [6.45, 7) is 8.51. The van der Waals surface area contributed by atoms with Gasteiger partial charge in [-0.05, 0) is 27.3 Å². The highest BCUT2D eigenvalue weighted by atomic mass is 16.4. The molecule has 2 aromatic heterocycles. The summed E-state index contributed by atoms with van der Waals surface area (Å²) in [5.74, 6) is 0.857. The zero-order valence-electron chi connectivity index (χ0n) is 11.4. The molecule has 102 valence electrons. The van der Waals surface area contributed by atoms with Gasteiger partial charge in [0.15, 0.2) is 0 Å². The molecule has 0 spiro atoms. The molecule has 1 atom stereocenters. The van der Waals surface area contributed by atoms with Crippen LogP contribution in [-0.4, -0.2) is 31.9 Å². The third kappa shape index (κ3) is 3.22. The fourth-order valence-electron chi connectivity index (χ4n) is 1.46. The topological polar surface area (TPSA) is 102 Å². The first kappa shape index (κ1) is 13.3. The van der Waals surface area contributed by atoms with Crippen LogP contribution in [0.15, 0.2) is 4.42 Å². The predicted molar refractivity (Wildman–Crippen MR) is 69.0 cm³/mol. The van der Waals surface area contributed by atoms with Crippen LogP contribution in [0.2, 0.25) is 0 Å². The number of nitrogens with zero attached hydrogens (tertiary/aromatic N) is 5. The van der Waals surface area contributed by atoms with Gasteiger partial charge >= 0.3 is 6.01 Å². The van der Waals surface area contributed by atoms with Crippen LogP contribution in [0.4, 0.5) is 12.0 Å². The van der Waals surface area contributed by atoms with Crippen molar-refractivity contribution in [2.75, 3.05) is 11.9 Å². The van der Waals surface area contributed by atoms with Gasteiger partial charge in [0.1, 0.15) is 0 Å². The molecule has 0 aromatic carbocycles. The van der Waals surface area contributed by atoms with Crippen molar-refractivity contribution < 1.29 is 4.42 Å². The highest BCUT2D eigenvalue weighted by Gasteiger charge is 2.13. The van der Waals surface area contributed by atoms with Gasteiger partial charge in [-0.15, -0.1) is 10.2 Å². The van der Waals surface area contributed by atoms with Gasteiger partial charge in [-0.2, -0.15) is 5.10 Å². The number of hydrogen-bond donors (Lipinski definition) is 2. The van der Waals surface area contributed by atoms with Crippen molar-refractivity contribution in [2.24, 2.45) is 0 Å². The summed E-state index contributed by atoms with van der Waals surface area (Å²) >= 11 is 0. The van der Waals surface area contributed by atoms with Crippen molar-refractivity contribution in [3.05, 3.63) is 17.3 Å². The molecule has 0 radical (unpaired) electrons. The van der Waals surface area contributed by atoms with Crippen LogP contribution in [0, 0.1) is 13.8 Å². The Bertz CT molecular complexity index is 554. The van der Waals surface area contributed by atoms with E-state index in [2.05, 4.69) is 36.0 Å². The third-order valence-electron chi connectivity index (χ3n) is 2.63. The van der Waals surface area contributed by atoms with Crippen LogP contribution >= 0.6 is 0 Å². The Morgan fingerprint density at radius 3 is 2.58 bits per heavy atom. The van der Waals surface area contributed by atoms with Crippen LogP contribution in [-0.2, 0) is 0 Å². The average Bonchev–Trinajstić information content (AvgIpc) is 2.83. The van der Waals surface area contributed by atoms with Crippen molar-refractivity contribution >= 4 is 12.0 Å². The molecule has 0 saturated carbocycles. The number of aromatic nitrogens is 5. The van der Waals surface area contributed by atoms with E-state index in [0.717, 1.165) is 17.9 Å². The van der Waals surface area contributed by atoms with Gasteiger partial charge in [0.2, 0.25) is 5.89 Å². The highest BCUT2D eigenvalue weighted by Crippen LogP contribution is 2.15. The maximum Gasteiger partial charge on any atom is 0.322 e. The molecule has 8 heteroatoms. The van der Waals surface area contributed by atoms with Crippen molar-refractivity contribution in [1.29, 1.82) is 0 Å². The molecule has 8 nitrogen and oxygen atoms in total. The molecule has 2 aromatic rings. The van der Waals surface area contributed by atoms with Crippen molar-refractivity contribution in [1.82, 2.24) is 30.7 Å². The number of anilines is 2. The summed E-state index contributed by atoms with van der Waals surface area (Å²) in [4.78, 5) is 4.23. The van der Waals surface area contributed by atoms with Crippen LogP contribution in [0.1, 0.15) is 37.2 Å². The molecule has 0 fully saturated rings. The molecular weight excluding hydrogens is 246 g/mol. The standard InChI is InChI=1S/C11H17N7O/c1-5-12-8(4)9-16-18-11(19-9)14-10-13-6(2)7(3)15-17-10/h8,12H,5H2,1-4H3,(H,13,14,17,18). The quantitative estimate of drug-likeness (QED) is 0.832. The Hall–Kier alpha value is -2.09. The van der Waals surface area contributed by atoms with Gasteiger partial charge in [0.05, 0.1) is 17.4 Å². The fraction of sp³-hybridized carbons (Fsp3) is 0.545. The van der Waals surface area contributed by atoms with E-state index in [9.17, 15) is 0 Å². The second-order valence-corrected chi connectivity index (χ2v) is 4.16. The maximum atomic E-state index is 5.47. The zero-order chi connectivity index (χ0) is 13.8. The molecule has 2 N–H and O–H groups in total. The lowest BCUT2D eigenvalue weighted by atomic mass is 10.3. The first-order valence-electron chi connectivity index (χ1n) is 6.12. The van der Waals surface area contributed by atoms with Crippen LogP contribution in [0.3, 0.4) is 0 Å². The Morgan fingerprint density at radius 1 is 1.11 bits per heavy atom. The van der Waals surface area contributed by atoms with Crippen LogP contribution < -0.4 is 10.6 Å². The predicted octanol–water partition coefficient (Wildman–Crippen LogP) is 1.29. The van der Waals surface area contributed by atoms with Crippen molar-refractivity contribution in [3.63, 3.8) is 0 Å². The summed E-state index contributed by atoms with van der Waals surface area (Å²) in [6, 6.07) is 0.261. The second-order valence-electron chi connectivity index (χ2n) is 4.16. The van der Waals surface area contributed by atoms with Crippen molar-refractivity contribution in [3.8, 4) is 0 Å². The van der Waals surface area contributed by atoms with Crippen molar-refractivity contribution in [2.45, 2.75) is 33.7 Å². The Balaban J connectivity index is 2.09. The SMILES string of the molecule is CCNC(C)c1nnc(Nc2nnc(C)c(C)n2)o1. The van der Waals surface area contributed by atoms with E-state index in [1.807, 2.05) is 27.7 Å². The molecule has 1 unspecified atom stereocenters. The summed E-state index contributed by atoms with van der Waals surface area (Å²) in [5, 5.41) is 21.7. The largest absolute Gasteiger partial charge is 0.406 e. The molecule has 2 rings (SSSR count).